The largest absolute Gasteiger partial charge is 0.316 e. The van der Waals surface area contributed by atoms with E-state index in [4.69, 9.17) is 0 Å². The maximum atomic E-state index is 4.40. The molecule has 5 heteroatoms. The number of aromatic nitrogens is 3. The van der Waals surface area contributed by atoms with E-state index in [1.165, 1.54) is 19.4 Å². The topological polar surface area (TPSA) is 42.7 Å². The van der Waals surface area contributed by atoms with Crippen LogP contribution in [0.4, 0.5) is 0 Å². The van der Waals surface area contributed by atoms with E-state index in [9.17, 15) is 0 Å². The van der Waals surface area contributed by atoms with E-state index in [2.05, 4.69) is 52.3 Å². The van der Waals surface area contributed by atoms with Gasteiger partial charge in [-0.05, 0) is 62.3 Å². The number of rotatable bonds is 9. The monoisotopic (exact) mass is 334 g/mol. The van der Waals surface area contributed by atoms with Crippen LogP contribution in [0.15, 0.2) is 17.3 Å². The Hall–Kier alpha value is -0.810. The van der Waals surface area contributed by atoms with Gasteiger partial charge in [-0.3, -0.25) is 0 Å². The first-order valence-corrected chi connectivity index (χ1v) is 10.2. The summed E-state index contributed by atoms with van der Waals surface area (Å²) in [5.41, 5.74) is 0. The zero-order chi connectivity index (χ0) is 16.2. The molecule has 1 aromatic rings. The molecule has 1 heterocycles. The Kier molecular flexibility index (Phi) is 5.81. The smallest absolute Gasteiger partial charge is 0.190 e. The lowest BCUT2D eigenvalue weighted by Gasteiger charge is -2.18. The summed E-state index contributed by atoms with van der Waals surface area (Å²) < 4.78 is 2.30. The molecule has 1 aromatic heterocycles. The second kappa shape index (κ2) is 7.84. The number of fused-ring (bicyclic) bond motifs is 2. The molecule has 1 fully saturated rings. The number of aryl methyl sites for hydroxylation is 1. The highest BCUT2D eigenvalue weighted by Crippen LogP contribution is 2.42. The Morgan fingerprint density at radius 2 is 2.17 bits per heavy atom. The van der Waals surface area contributed by atoms with Gasteiger partial charge in [0.2, 0.25) is 0 Å². The van der Waals surface area contributed by atoms with Gasteiger partial charge in [0.25, 0.3) is 0 Å². The van der Waals surface area contributed by atoms with Crippen molar-refractivity contribution >= 4 is 11.8 Å². The second-order valence-corrected chi connectivity index (χ2v) is 8.23. The van der Waals surface area contributed by atoms with Gasteiger partial charge in [-0.25, -0.2) is 0 Å². The summed E-state index contributed by atoms with van der Waals surface area (Å²) in [6.45, 7) is 7.78. The molecule has 0 aromatic carbocycles. The summed E-state index contributed by atoms with van der Waals surface area (Å²) in [6.07, 6.45) is 11.9. The molecule has 4 nitrogen and oxygen atoms in total. The van der Waals surface area contributed by atoms with Crippen LogP contribution in [0, 0.1) is 23.7 Å². The maximum absolute atomic E-state index is 4.40. The van der Waals surface area contributed by atoms with Gasteiger partial charge in [0, 0.05) is 13.0 Å². The van der Waals surface area contributed by atoms with Gasteiger partial charge >= 0.3 is 0 Å². The molecular weight excluding hydrogens is 304 g/mol. The number of nitrogens with one attached hydrogen (secondary N) is 1. The molecule has 3 unspecified atom stereocenters. The highest BCUT2D eigenvalue weighted by atomic mass is 32.2. The molecule has 0 amide bonds. The first-order chi connectivity index (χ1) is 11.2. The summed E-state index contributed by atoms with van der Waals surface area (Å²) in [5, 5.41) is 13.4. The lowest BCUT2D eigenvalue weighted by molar-refractivity contribution is 0.412. The van der Waals surface area contributed by atoms with E-state index in [1.807, 2.05) is 0 Å². The minimum atomic E-state index is 0.625. The van der Waals surface area contributed by atoms with E-state index in [0.29, 0.717) is 5.92 Å². The van der Waals surface area contributed by atoms with Crippen LogP contribution in [0.3, 0.4) is 0 Å². The highest BCUT2D eigenvalue weighted by molar-refractivity contribution is 7.98. The Balaban J connectivity index is 1.40. The van der Waals surface area contributed by atoms with Crippen molar-refractivity contribution in [1.29, 1.82) is 0 Å². The molecular formula is C18H30N4S. The van der Waals surface area contributed by atoms with Crippen LogP contribution in [-0.4, -0.2) is 34.1 Å². The van der Waals surface area contributed by atoms with E-state index in [0.717, 1.165) is 54.7 Å². The Morgan fingerprint density at radius 3 is 2.83 bits per heavy atom. The quantitative estimate of drug-likeness (QED) is 0.427. The van der Waals surface area contributed by atoms with Crippen LogP contribution < -0.4 is 5.32 Å². The average molecular weight is 335 g/mol. The Labute approximate surface area is 144 Å². The van der Waals surface area contributed by atoms with E-state index in [1.54, 1.807) is 11.8 Å². The highest BCUT2D eigenvalue weighted by Gasteiger charge is 2.34. The van der Waals surface area contributed by atoms with Gasteiger partial charge in [-0.1, -0.05) is 37.8 Å². The first-order valence-electron chi connectivity index (χ1n) is 9.02. The maximum Gasteiger partial charge on any atom is 0.190 e. The fourth-order valence-electron chi connectivity index (χ4n) is 3.99. The van der Waals surface area contributed by atoms with Gasteiger partial charge in [0.1, 0.15) is 5.82 Å². The number of hydrogen-bond donors (Lipinski definition) is 1. The minimum Gasteiger partial charge on any atom is -0.316 e. The molecule has 3 atom stereocenters. The van der Waals surface area contributed by atoms with Crippen LogP contribution in [0.5, 0.6) is 0 Å². The molecule has 1 saturated carbocycles. The Morgan fingerprint density at radius 1 is 1.30 bits per heavy atom. The molecule has 2 bridgehead atoms. The van der Waals surface area contributed by atoms with Crippen LogP contribution in [-0.2, 0) is 13.0 Å². The van der Waals surface area contributed by atoms with Crippen LogP contribution >= 0.6 is 11.8 Å². The molecule has 0 spiro atoms. The minimum absolute atomic E-state index is 0.625. The zero-order valence-corrected chi connectivity index (χ0v) is 15.5. The summed E-state index contributed by atoms with van der Waals surface area (Å²) in [6, 6.07) is 0. The number of allylic oxidation sites excluding steroid dienone is 2. The van der Waals surface area contributed by atoms with E-state index < -0.39 is 0 Å². The number of thioether (sulfide) groups is 1. The molecule has 0 aliphatic heterocycles. The number of hydrogen-bond acceptors (Lipinski definition) is 4. The van der Waals surface area contributed by atoms with Crippen LogP contribution in [0.1, 0.15) is 38.9 Å². The molecule has 2 aliphatic rings. The van der Waals surface area contributed by atoms with Gasteiger partial charge in [-0.15, -0.1) is 10.2 Å². The molecule has 0 saturated heterocycles. The number of nitrogens with zero attached hydrogens (tertiary/aromatic N) is 3. The standard InChI is InChI=1S/C18H30N4S/c1-13(2)12-22-17(20-21-18(22)23-3)5-4-8-19-11-16-10-14-6-7-15(16)9-14/h6-7,13-16,19H,4-5,8-12H2,1-3H3. The Bertz CT molecular complexity index is 537. The third kappa shape index (κ3) is 4.18. The van der Waals surface area contributed by atoms with Crippen LogP contribution in [0.25, 0.3) is 0 Å². The van der Waals surface area contributed by atoms with E-state index in [-0.39, 0.29) is 0 Å². The first kappa shape index (κ1) is 17.0. The normalized spacial score (nSPS) is 25.8. The van der Waals surface area contributed by atoms with E-state index >= 15 is 0 Å². The fraction of sp³-hybridized carbons (Fsp3) is 0.778. The lowest BCUT2D eigenvalue weighted by Crippen LogP contribution is -2.26. The zero-order valence-electron chi connectivity index (χ0n) is 14.7. The summed E-state index contributed by atoms with van der Waals surface area (Å²) in [7, 11) is 0. The SMILES string of the molecule is CSc1nnc(CCCNCC2CC3C=CC2C3)n1CC(C)C. The van der Waals surface area contributed by atoms with Crippen molar-refractivity contribution in [2.24, 2.45) is 23.7 Å². The molecule has 3 rings (SSSR count). The summed E-state index contributed by atoms with van der Waals surface area (Å²) >= 11 is 1.69. The van der Waals surface area contributed by atoms with Gasteiger partial charge in [-0.2, -0.15) is 0 Å². The summed E-state index contributed by atoms with van der Waals surface area (Å²) in [4.78, 5) is 0. The lowest BCUT2D eigenvalue weighted by atomic mass is 9.93. The second-order valence-electron chi connectivity index (χ2n) is 7.46. The van der Waals surface area contributed by atoms with Gasteiger partial charge in [0.05, 0.1) is 0 Å². The fourth-order valence-corrected chi connectivity index (χ4v) is 4.51. The van der Waals surface area contributed by atoms with Crippen LogP contribution in [0.2, 0.25) is 0 Å². The molecule has 0 radical (unpaired) electrons. The van der Waals surface area contributed by atoms with Gasteiger partial charge in [0.15, 0.2) is 5.16 Å². The van der Waals surface area contributed by atoms with Gasteiger partial charge < -0.3 is 9.88 Å². The third-order valence-corrected chi connectivity index (χ3v) is 5.77. The molecule has 1 N–H and O–H groups in total. The predicted octanol–water partition coefficient (Wildman–Crippen LogP) is 3.39. The predicted molar refractivity (Wildman–Crippen MR) is 96.7 cm³/mol. The third-order valence-electron chi connectivity index (χ3n) is 5.10. The van der Waals surface area contributed by atoms with Crippen molar-refractivity contribution in [3.05, 3.63) is 18.0 Å². The van der Waals surface area contributed by atoms with Crippen molar-refractivity contribution in [1.82, 2.24) is 20.1 Å². The summed E-state index contributed by atoms with van der Waals surface area (Å²) in [5.74, 6) is 4.38. The van der Waals surface area contributed by atoms with Crippen molar-refractivity contribution in [3.63, 3.8) is 0 Å². The van der Waals surface area contributed by atoms with Crippen molar-refractivity contribution in [2.75, 3.05) is 19.3 Å². The van der Waals surface area contributed by atoms with Crippen molar-refractivity contribution in [3.8, 4) is 0 Å². The average Bonchev–Trinajstić information content (AvgIpc) is 3.22. The van der Waals surface area contributed by atoms with Crippen molar-refractivity contribution < 1.29 is 0 Å². The molecule has 128 valence electrons. The van der Waals surface area contributed by atoms with Crippen molar-refractivity contribution in [2.45, 2.75) is 51.2 Å². The molecule has 23 heavy (non-hydrogen) atoms. The molecule has 2 aliphatic carbocycles.